The van der Waals surface area contributed by atoms with E-state index in [-0.39, 0.29) is 18.2 Å². The summed E-state index contributed by atoms with van der Waals surface area (Å²) in [5.41, 5.74) is 1.55. The van der Waals surface area contributed by atoms with Crippen molar-refractivity contribution >= 4 is 34.9 Å². The molecule has 30 heavy (non-hydrogen) atoms. The molecule has 3 amide bonds. The molecule has 0 unspecified atom stereocenters. The number of nitrogens with zero attached hydrogens (tertiary/aromatic N) is 3. The van der Waals surface area contributed by atoms with Crippen LogP contribution in [0, 0.1) is 0 Å². The highest BCUT2D eigenvalue weighted by Gasteiger charge is 2.37. The maximum absolute atomic E-state index is 12.8. The minimum absolute atomic E-state index is 0.169. The zero-order valence-corrected chi connectivity index (χ0v) is 17.3. The van der Waals surface area contributed by atoms with E-state index < -0.39 is 11.1 Å². The second kappa shape index (κ2) is 8.79. The zero-order valence-electron chi connectivity index (χ0n) is 16.5. The van der Waals surface area contributed by atoms with Gasteiger partial charge < -0.3 is 14.6 Å². The van der Waals surface area contributed by atoms with E-state index in [0.717, 1.165) is 53.7 Å². The van der Waals surface area contributed by atoms with Crippen LogP contribution in [0.1, 0.15) is 31.4 Å². The first-order chi connectivity index (χ1) is 14.5. The molecule has 2 aromatic rings. The standard InChI is InChI=1S/C22H23N3O4S/c26-18-9-7-16(8-10-18)24-13-5-6-17(24)14-19-21(28)25(22(29)30-19)15-20(27)23-11-3-1-2-4-12-23/h5-10,13-14,26H,1-4,11-12,15H2. The summed E-state index contributed by atoms with van der Waals surface area (Å²) in [6, 6.07) is 10.4. The molecule has 156 valence electrons. The monoisotopic (exact) mass is 425 g/mol. The highest BCUT2D eigenvalue weighted by molar-refractivity contribution is 8.18. The molecule has 0 atom stereocenters. The van der Waals surface area contributed by atoms with Crippen molar-refractivity contribution in [1.82, 2.24) is 14.4 Å². The number of phenols is 1. The van der Waals surface area contributed by atoms with Crippen LogP contribution in [0.4, 0.5) is 4.79 Å². The van der Waals surface area contributed by atoms with Gasteiger partial charge in [0.2, 0.25) is 5.91 Å². The fraction of sp³-hybridized carbons (Fsp3) is 0.318. The fourth-order valence-corrected chi connectivity index (χ4v) is 4.51. The van der Waals surface area contributed by atoms with E-state index in [2.05, 4.69) is 0 Å². The number of benzene rings is 1. The molecule has 0 aliphatic carbocycles. The van der Waals surface area contributed by atoms with Gasteiger partial charge in [0.1, 0.15) is 12.3 Å². The number of amides is 3. The third-order valence-corrected chi connectivity index (χ3v) is 6.22. The molecule has 0 spiro atoms. The lowest BCUT2D eigenvalue weighted by Gasteiger charge is -2.22. The molecule has 8 heteroatoms. The molecule has 2 aliphatic heterocycles. The maximum atomic E-state index is 12.8. The van der Waals surface area contributed by atoms with Gasteiger partial charge in [0.25, 0.3) is 11.1 Å². The molecule has 2 fully saturated rings. The van der Waals surface area contributed by atoms with Gasteiger partial charge in [-0.2, -0.15) is 0 Å². The molecule has 7 nitrogen and oxygen atoms in total. The second-order valence-electron chi connectivity index (χ2n) is 7.38. The first-order valence-corrected chi connectivity index (χ1v) is 10.8. The Morgan fingerprint density at radius 1 is 1.03 bits per heavy atom. The van der Waals surface area contributed by atoms with E-state index >= 15 is 0 Å². The number of thioether (sulfide) groups is 1. The minimum Gasteiger partial charge on any atom is -0.508 e. The largest absolute Gasteiger partial charge is 0.508 e. The number of carbonyl (C=O) groups excluding carboxylic acids is 3. The Balaban J connectivity index is 1.50. The van der Waals surface area contributed by atoms with Crippen molar-refractivity contribution in [1.29, 1.82) is 0 Å². The predicted octanol–water partition coefficient (Wildman–Crippen LogP) is 3.62. The van der Waals surface area contributed by atoms with Gasteiger partial charge in [0.05, 0.1) is 4.91 Å². The van der Waals surface area contributed by atoms with Gasteiger partial charge in [-0.3, -0.25) is 19.3 Å². The number of likely N-dealkylation sites (tertiary alicyclic amines) is 1. The Morgan fingerprint density at radius 2 is 1.73 bits per heavy atom. The van der Waals surface area contributed by atoms with Crippen molar-refractivity contribution in [3.8, 4) is 11.4 Å². The summed E-state index contributed by atoms with van der Waals surface area (Å²) in [4.78, 5) is 41.0. The molecular formula is C22H23N3O4S. The van der Waals surface area contributed by atoms with Crippen LogP contribution in [-0.2, 0) is 9.59 Å². The van der Waals surface area contributed by atoms with E-state index in [9.17, 15) is 19.5 Å². The normalized spacial score (nSPS) is 18.9. The van der Waals surface area contributed by atoms with Crippen LogP contribution in [0.15, 0.2) is 47.5 Å². The van der Waals surface area contributed by atoms with Gasteiger partial charge in [-0.25, -0.2) is 0 Å². The smallest absolute Gasteiger partial charge is 0.294 e. The van der Waals surface area contributed by atoms with Crippen molar-refractivity contribution in [2.75, 3.05) is 19.6 Å². The molecule has 1 N–H and O–H groups in total. The molecule has 0 radical (unpaired) electrons. The van der Waals surface area contributed by atoms with Crippen LogP contribution in [0.5, 0.6) is 5.75 Å². The summed E-state index contributed by atoms with van der Waals surface area (Å²) >= 11 is 0.854. The number of hydrogen-bond donors (Lipinski definition) is 1. The van der Waals surface area contributed by atoms with E-state index in [1.165, 1.54) is 0 Å². The summed E-state index contributed by atoms with van der Waals surface area (Å²) in [7, 11) is 0. The van der Waals surface area contributed by atoms with Crippen molar-refractivity contribution in [2.45, 2.75) is 25.7 Å². The van der Waals surface area contributed by atoms with Gasteiger partial charge >= 0.3 is 0 Å². The summed E-state index contributed by atoms with van der Waals surface area (Å²) in [5.74, 6) is -0.442. The SMILES string of the molecule is O=C(CN1C(=O)SC(=Cc2cccn2-c2ccc(O)cc2)C1=O)N1CCCCCC1. The zero-order chi connectivity index (χ0) is 21.1. The summed E-state index contributed by atoms with van der Waals surface area (Å²) in [6.45, 7) is 1.16. The average Bonchev–Trinajstić information content (AvgIpc) is 3.16. The lowest BCUT2D eigenvalue weighted by Crippen LogP contribution is -2.42. The Bertz CT molecular complexity index is 988. The van der Waals surface area contributed by atoms with E-state index in [4.69, 9.17) is 0 Å². The number of aromatic nitrogens is 1. The van der Waals surface area contributed by atoms with E-state index in [1.54, 1.807) is 35.2 Å². The Morgan fingerprint density at radius 3 is 2.43 bits per heavy atom. The van der Waals surface area contributed by atoms with Crippen LogP contribution in [0.2, 0.25) is 0 Å². The number of rotatable bonds is 4. The molecular weight excluding hydrogens is 402 g/mol. The molecule has 0 bridgehead atoms. The Labute approximate surface area is 179 Å². The van der Waals surface area contributed by atoms with Crippen molar-refractivity contribution in [3.63, 3.8) is 0 Å². The first kappa shape index (κ1) is 20.3. The van der Waals surface area contributed by atoms with Gasteiger partial charge in [0.15, 0.2) is 0 Å². The van der Waals surface area contributed by atoms with E-state index in [0.29, 0.717) is 18.0 Å². The molecule has 2 saturated heterocycles. The molecule has 2 aliphatic rings. The van der Waals surface area contributed by atoms with Gasteiger partial charge in [-0.05, 0) is 67.1 Å². The molecule has 0 saturated carbocycles. The lowest BCUT2D eigenvalue weighted by atomic mass is 10.2. The number of imide groups is 1. The van der Waals surface area contributed by atoms with Crippen LogP contribution < -0.4 is 0 Å². The van der Waals surface area contributed by atoms with Crippen molar-refractivity contribution < 1.29 is 19.5 Å². The quantitative estimate of drug-likeness (QED) is 0.757. The van der Waals surface area contributed by atoms with Crippen molar-refractivity contribution in [2.24, 2.45) is 0 Å². The average molecular weight is 426 g/mol. The Kier molecular flexibility index (Phi) is 5.94. The number of phenolic OH excluding ortho intramolecular Hbond substituents is 1. The Hall–Kier alpha value is -3.00. The second-order valence-corrected chi connectivity index (χ2v) is 8.38. The van der Waals surface area contributed by atoms with Gasteiger partial charge in [-0.1, -0.05) is 12.8 Å². The van der Waals surface area contributed by atoms with Gasteiger partial charge in [-0.15, -0.1) is 0 Å². The fourth-order valence-electron chi connectivity index (χ4n) is 3.69. The third-order valence-electron chi connectivity index (χ3n) is 5.31. The summed E-state index contributed by atoms with van der Waals surface area (Å²) in [6.07, 6.45) is 7.63. The van der Waals surface area contributed by atoms with Gasteiger partial charge in [0, 0.05) is 30.7 Å². The van der Waals surface area contributed by atoms with Crippen LogP contribution in [0.3, 0.4) is 0 Å². The first-order valence-electron chi connectivity index (χ1n) is 10.0. The topological polar surface area (TPSA) is 82.9 Å². The predicted molar refractivity (Wildman–Crippen MR) is 115 cm³/mol. The molecule has 1 aromatic heterocycles. The van der Waals surface area contributed by atoms with E-state index in [1.807, 2.05) is 22.9 Å². The third kappa shape index (κ3) is 4.28. The number of aromatic hydroxyl groups is 1. The highest BCUT2D eigenvalue weighted by Crippen LogP contribution is 2.32. The summed E-state index contributed by atoms with van der Waals surface area (Å²) in [5, 5.41) is 9.07. The van der Waals surface area contributed by atoms with Crippen molar-refractivity contribution in [3.05, 3.63) is 53.2 Å². The van der Waals surface area contributed by atoms with Crippen LogP contribution >= 0.6 is 11.8 Å². The molecule has 1 aromatic carbocycles. The highest BCUT2D eigenvalue weighted by atomic mass is 32.2. The maximum Gasteiger partial charge on any atom is 0.294 e. The lowest BCUT2D eigenvalue weighted by molar-refractivity contribution is -0.135. The minimum atomic E-state index is -0.438. The summed E-state index contributed by atoms with van der Waals surface area (Å²) < 4.78 is 1.86. The number of carbonyl (C=O) groups is 3. The van der Waals surface area contributed by atoms with Crippen LogP contribution in [-0.4, -0.2) is 56.2 Å². The molecule has 3 heterocycles. The molecule has 4 rings (SSSR count). The van der Waals surface area contributed by atoms with Crippen LogP contribution in [0.25, 0.3) is 11.8 Å². The number of hydrogen-bond acceptors (Lipinski definition) is 5.